The third kappa shape index (κ3) is 2.87. The molecule has 0 radical (unpaired) electrons. The Bertz CT molecular complexity index is 863. The second-order valence-corrected chi connectivity index (χ2v) is 7.52. The van der Waals surface area contributed by atoms with E-state index in [2.05, 4.69) is 17.1 Å². The lowest BCUT2D eigenvalue weighted by Crippen LogP contribution is -2.38. The highest BCUT2D eigenvalue weighted by Crippen LogP contribution is 2.41. The average Bonchev–Trinajstić information content (AvgIpc) is 3.37. The van der Waals surface area contributed by atoms with Crippen LogP contribution >= 0.6 is 0 Å². The van der Waals surface area contributed by atoms with E-state index in [4.69, 9.17) is 5.73 Å². The minimum atomic E-state index is -0.413. The SMILES string of the molecule is CCCN1CCC2(CCN(C(=O)c3[nH]nc(N)c3-c3ccccc3)C2)C1=O. The summed E-state index contributed by atoms with van der Waals surface area (Å²) in [4.78, 5) is 29.8. The van der Waals surface area contributed by atoms with Crippen LogP contribution in [0.15, 0.2) is 30.3 Å². The smallest absolute Gasteiger partial charge is 0.272 e. The summed E-state index contributed by atoms with van der Waals surface area (Å²) in [6, 6.07) is 9.54. The van der Waals surface area contributed by atoms with Crippen molar-refractivity contribution < 1.29 is 9.59 Å². The van der Waals surface area contributed by atoms with Crippen molar-refractivity contribution in [2.45, 2.75) is 26.2 Å². The summed E-state index contributed by atoms with van der Waals surface area (Å²) in [7, 11) is 0. The number of rotatable bonds is 4. The highest BCUT2D eigenvalue weighted by atomic mass is 16.2. The summed E-state index contributed by atoms with van der Waals surface area (Å²) in [5, 5.41) is 6.86. The van der Waals surface area contributed by atoms with Crippen LogP contribution in [0.4, 0.5) is 5.82 Å². The van der Waals surface area contributed by atoms with E-state index in [0.717, 1.165) is 37.9 Å². The molecule has 0 saturated carbocycles. The molecule has 0 aliphatic carbocycles. The number of likely N-dealkylation sites (tertiary alicyclic amines) is 2. The van der Waals surface area contributed by atoms with E-state index in [1.54, 1.807) is 4.90 Å². The number of hydrogen-bond donors (Lipinski definition) is 2. The van der Waals surface area contributed by atoms with E-state index in [0.29, 0.717) is 30.2 Å². The maximum atomic E-state index is 13.2. The summed E-state index contributed by atoms with van der Waals surface area (Å²) in [6.45, 7) is 4.72. The van der Waals surface area contributed by atoms with E-state index in [-0.39, 0.29) is 11.8 Å². The first kappa shape index (κ1) is 17.6. The van der Waals surface area contributed by atoms with Gasteiger partial charge < -0.3 is 15.5 Å². The molecule has 2 aliphatic heterocycles. The zero-order chi connectivity index (χ0) is 19.0. The Morgan fingerprint density at radius 2 is 2.00 bits per heavy atom. The Morgan fingerprint density at radius 3 is 2.74 bits per heavy atom. The van der Waals surface area contributed by atoms with Crippen LogP contribution in [0.3, 0.4) is 0 Å². The summed E-state index contributed by atoms with van der Waals surface area (Å²) < 4.78 is 0. The first-order chi connectivity index (χ1) is 13.1. The molecule has 7 heteroatoms. The molecule has 142 valence electrons. The van der Waals surface area contributed by atoms with Crippen molar-refractivity contribution in [1.82, 2.24) is 20.0 Å². The summed E-state index contributed by atoms with van der Waals surface area (Å²) in [5.74, 6) is 0.369. The van der Waals surface area contributed by atoms with Gasteiger partial charge in [0.2, 0.25) is 5.91 Å². The van der Waals surface area contributed by atoms with Gasteiger partial charge in [-0.05, 0) is 24.8 Å². The van der Waals surface area contributed by atoms with Crippen molar-refractivity contribution in [3.63, 3.8) is 0 Å². The molecule has 4 rings (SSSR count). The number of nitrogen functional groups attached to an aromatic ring is 1. The minimum absolute atomic E-state index is 0.142. The molecule has 1 unspecified atom stereocenters. The number of amides is 2. The van der Waals surface area contributed by atoms with E-state index in [1.165, 1.54) is 0 Å². The van der Waals surface area contributed by atoms with Crippen LogP contribution in [0.5, 0.6) is 0 Å². The predicted molar refractivity (Wildman–Crippen MR) is 103 cm³/mol. The molecular weight excluding hydrogens is 342 g/mol. The standard InChI is InChI=1S/C20H25N5O2/c1-2-10-24-11-8-20(19(24)27)9-12-25(13-20)18(26)16-15(17(21)23-22-16)14-6-4-3-5-7-14/h3-7H,2,8-13H2,1H3,(H3,21,22,23). The molecule has 2 aromatic rings. The minimum Gasteiger partial charge on any atom is -0.382 e. The Kier molecular flexibility index (Phi) is 4.37. The number of nitrogens with two attached hydrogens (primary N) is 1. The number of aromatic amines is 1. The molecule has 1 atom stereocenters. The Morgan fingerprint density at radius 1 is 1.26 bits per heavy atom. The fourth-order valence-corrected chi connectivity index (χ4v) is 4.37. The van der Waals surface area contributed by atoms with Gasteiger partial charge in [-0.2, -0.15) is 5.10 Å². The van der Waals surface area contributed by atoms with Gasteiger partial charge in [-0.25, -0.2) is 0 Å². The van der Waals surface area contributed by atoms with Gasteiger partial charge in [0, 0.05) is 26.2 Å². The van der Waals surface area contributed by atoms with E-state index in [1.807, 2.05) is 35.2 Å². The second-order valence-electron chi connectivity index (χ2n) is 7.52. The van der Waals surface area contributed by atoms with E-state index >= 15 is 0 Å². The van der Waals surface area contributed by atoms with Gasteiger partial charge in [-0.15, -0.1) is 0 Å². The third-order valence-electron chi connectivity index (χ3n) is 5.81. The second kappa shape index (κ2) is 6.72. The monoisotopic (exact) mass is 367 g/mol. The molecule has 1 aromatic heterocycles. The lowest BCUT2D eigenvalue weighted by molar-refractivity contribution is -0.135. The van der Waals surface area contributed by atoms with Gasteiger partial charge in [0.15, 0.2) is 5.82 Å². The van der Waals surface area contributed by atoms with Gasteiger partial charge >= 0.3 is 0 Å². The molecule has 2 aliphatic rings. The van der Waals surface area contributed by atoms with E-state index in [9.17, 15) is 9.59 Å². The molecule has 3 N–H and O–H groups in total. The molecule has 2 fully saturated rings. The summed E-state index contributed by atoms with van der Waals surface area (Å²) >= 11 is 0. The Balaban J connectivity index is 1.57. The number of anilines is 1. The Hall–Kier alpha value is -2.83. The number of hydrogen-bond acceptors (Lipinski definition) is 4. The van der Waals surface area contributed by atoms with Crippen LogP contribution in [0, 0.1) is 5.41 Å². The third-order valence-corrected chi connectivity index (χ3v) is 5.81. The first-order valence-corrected chi connectivity index (χ1v) is 9.53. The zero-order valence-corrected chi connectivity index (χ0v) is 15.6. The number of carbonyl (C=O) groups excluding carboxylic acids is 2. The molecule has 0 bridgehead atoms. The van der Waals surface area contributed by atoms with Gasteiger partial charge in [0.05, 0.1) is 11.0 Å². The number of nitrogens with zero attached hydrogens (tertiary/aromatic N) is 3. The van der Waals surface area contributed by atoms with Crippen LogP contribution < -0.4 is 5.73 Å². The highest BCUT2D eigenvalue weighted by molar-refractivity contribution is 6.02. The molecule has 1 spiro atoms. The molecule has 2 amide bonds. The lowest BCUT2D eigenvalue weighted by Gasteiger charge is -2.23. The molecule has 27 heavy (non-hydrogen) atoms. The number of nitrogens with one attached hydrogen (secondary N) is 1. The summed E-state index contributed by atoms with van der Waals surface area (Å²) in [6.07, 6.45) is 2.51. The fourth-order valence-electron chi connectivity index (χ4n) is 4.37. The predicted octanol–water partition coefficient (Wildman–Crippen LogP) is 2.13. The lowest BCUT2D eigenvalue weighted by atomic mass is 9.85. The number of benzene rings is 1. The molecule has 3 heterocycles. The van der Waals surface area contributed by atoms with Crippen LogP contribution in [0.25, 0.3) is 11.1 Å². The van der Waals surface area contributed by atoms with Crippen molar-refractivity contribution in [1.29, 1.82) is 0 Å². The van der Waals surface area contributed by atoms with Crippen molar-refractivity contribution in [3.8, 4) is 11.1 Å². The van der Waals surface area contributed by atoms with Crippen molar-refractivity contribution in [2.24, 2.45) is 5.41 Å². The van der Waals surface area contributed by atoms with Crippen LogP contribution in [0.2, 0.25) is 0 Å². The maximum absolute atomic E-state index is 13.2. The molecule has 2 saturated heterocycles. The van der Waals surface area contributed by atoms with E-state index < -0.39 is 5.41 Å². The number of H-pyrrole nitrogens is 1. The normalized spacial score (nSPS) is 22.2. The van der Waals surface area contributed by atoms with Gasteiger partial charge in [-0.1, -0.05) is 37.3 Å². The quantitative estimate of drug-likeness (QED) is 0.865. The van der Waals surface area contributed by atoms with Crippen LogP contribution in [-0.2, 0) is 4.79 Å². The van der Waals surface area contributed by atoms with Crippen molar-refractivity contribution in [3.05, 3.63) is 36.0 Å². The number of aromatic nitrogens is 2. The van der Waals surface area contributed by atoms with Gasteiger partial charge in [-0.3, -0.25) is 14.7 Å². The average molecular weight is 367 g/mol. The first-order valence-electron chi connectivity index (χ1n) is 9.53. The Labute approximate surface area is 158 Å². The molecular formula is C20H25N5O2. The topological polar surface area (TPSA) is 95.3 Å². The van der Waals surface area contributed by atoms with Crippen molar-refractivity contribution >= 4 is 17.6 Å². The van der Waals surface area contributed by atoms with Crippen molar-refractivity contribution in [2.75, 3.05) is 31.9 Å². The highest BCUT2D eigenvalue weighted by Gasteiger charge is 2.51. The number of carbonyl (C=O) groups is 2. The molecule has 1 aromatic carbocycles. The summed E-state index contributed by atoms with van der Waals surface area (Å²) in [5.41, 5.74) is 7.49. The zero-order valence-electron chi connectivity index (χ0n) is 15.6. The van der Waals surface area contributed by atoms with Crippen LogP contribution in [-0.4, -0.2) is 58.0 Å². The maximum Gasteiger partial charge on any atom is 0.272 e. The fraction of sp³-hybridized carbons (Fsp3) is 0.450. The van der Waals surface area contributed by atoms with Crippen LogP contribution in [0.1, 0.15) is 36.7 Å². The van der Waals surface area contributed by atoms with Gasteiger partial charge in [0.1, 0.15) is 5.69 Å². The largest absolute Gasteiger partial charge is 0.382 e. The van der Waals surface area contributed by atoms with Gasteiger partial charge in [0.25, 0.3) is 5.91 Å². The molecule has 7 nitrogen and oxygen atoms in total.